The van der Waals surface area contributed by atoms with Gasteiger partial charge in [0.2, 0.25) is 11.8 Å². The minimum Gasteiger partial charge on any atom is -0.481 e. The summed E-state index contributed by atoms with van der Waals surface area (Å²) in [6.45, 7) is 2.07. The van der Waals surface area contributed by atoms with Gasteiger partial charge < -0.3 is 25.2 Å². The monoisotopic (exact) mass is 563 g/mol. The van der Waals surface area contributed by atoms with Crippen molar-refractivity contribution >= 4 is 42.1 Å². The molecule has 2 amide bonds. The molecule has 212 valence electrons. The van der Waals surface area contributed by atoms with Crippen molar-refractivity contribution in [2.45, 2.75) is 44.4 Å². The molecule has 3 N–H and O–H groups in total. The lowest BCUT2D eigenvalue weighted by molar-refractivity contribution is -0.156. The van der Waals surface area contributed by atoms with Gasteiger partial charge in [-0.2, -0.15) is 0 Å². The van der Waals surface area contributed by atoms with E-state index in [0.717, 1.165) is 11.1 Å². The molecule has 0 aromatic heterocycles. The van der Waals surface area contributed by atoms with E-state index in [1.165, 1.54) is 18.9 Å². The molecule has 11 nitrogen and oxygen atoms in total. The van der Waals surface area contributed by atoms with Gasteiger partial charge in [0.1, 0.15) is 11.6 Å². The molecule has 1 fully saturated rings. The number of ether oxygens (including phenoxy) is 1. The van der Waals surface area contributed by atoms with E-state index in [1.54, 1.807) is 11.9 Å². The molecule has 2 atom stereocenters. The quantitative estimate of drug-likeness (QED) is 0.368. The number of piperazine rings is 1. The fraction of sp³-hybridized carbons (Fsp3) is 0.370. The van der Waals surface area contributed by atoms with E-state index >= 15 is 0 Å². The number of likely N-dealkylation sites (N-methyl/N-ethyl adjacent to an activating group) is 1. The first-order valence-electron chi connectivity index (χ1n) is 11.9. The van der Waals surface area contributed by atoms with Crippen LogP contribution in [-0.4, -0.2) is 82.0 Å². The van der Waals surface area contributed by atoms with Crippen LogP contribution in [0.15, 0.2) is 60.7 Å². The molecule has 1 heterocycles. The highest BCUT2D eigenvalue weighted by Gasteiger charge is 2.40. The predicted octanol–water partition coefficient (Wildman–Crippen LogP) is 1.93. The van der Waals surface area contributed by atoms with E-state index in [4.69, 9.17) is 5.11 Å². The van der Waals surface area contributed by atoms with E-state index < -0.39 is 35.9 Å². The Balaban J connectivity index is 0.000000383. The van der Waals surface area contributed by atoms with E-state index in [9.17, 15) is 29.1 Å². The smallest absolute Gasteiger partial charge is 0.324 e. The first-order chi connectivity index (χ1) is 18.0. The second-order valence-electron chi connectivity index (χ2n) is 9.01. The van der Waals surface area contributed by atoms with Gasteiger partial charge in [-0.3, -0.25) is 28.9 Å². The van der Waals surface area contributed by atoms with Crippen molar-refractivity contribution in [1.82, 2.24) is 15.1 Å². The van der Waals surface area contributed by atoms with Crippen LogP contribution >= 0.6 is 12.4 Å². The average Bonchev–Trinajstić information content (AvgIpc) is 2.89. The third kappa shape index (κ3) is 9.69. The summed E-state index contributed by atoms with van der Waals surface area (Å²) in [7, 11) is 2.87. The maximum Gasteiger partial charge on any atom is 0.324 e. The molecule has 1 aliphatic rings. The van der Waals surface area contributed by atoms with Crippen LogP contribution in [0.4, 0.5) is 0 Å². The summed E-state index contributed by atoms with van der Waals surface area (Å²) in [4.78, 5) is 60.3. The third-order valence-electron chi connectivity index (χ3n) is 6.26. The zero-order valence-electron chi connectivity index (χ0n) is 22.0. The number of hydrogen-bond acceptors (Lipinski definition) is 7. The number of rotatable bonds is 10. The van der Waals surface area contributed by atoms with Crippen LogP contribution < -0.4 is 5.32 Å². The maximum absolute atomic E-state index is 12.0. The van der Waals surface area contributed by atoms with Gasteiger partial charge in [-0.05, 0) is 25.1 Å². The highest BCUT2D eigenvalue weighted by molar-refractivity contribution is 5.96. The van der Waals surface area contributed by atoms with Crippen LogP contribution in [0, 0.1) is 0 Å². The fourth-order valence-electron chi connectivity index (χ4n) is 3.82. The van der Waals surface area contributed by atoms with Crippen molar-refractivity contribution in [2.24, 2.45) is 0 Å². The van der Waals surface area contributed by atoms with Gasteiger partial charge >= 0.3 is 17.9 Å². The highest BCUT2D eigenvalue weighted by Crippen LogP contribution is 2.21. The van der Waals surface area contributed by atoms with Crippen molar-refractivity contribution in [3.63, 3.8) is 0 Å². The summed E-state index contributed by atoms with van der Waals surface area (Å²) in [6, 6.07) is 17.9. The van der Waals surface area contributed by atoms with Crippen LogP contribution in [-0.2, 0) is 41.8 Å². The van der Waals surface area contributed by atoms with Crippen molar-refractivity contribution in [3.05, 3.63) is 71.8 Å². The molecule has 1 aliphatic heterocycles. The normalized spacial score (nSPS) is 16.1. The number of esters is 1. The lowest BCUT2D eigenvalue weighted by Crippen LogP contribution is -2.58. The molecule has 2 aromatic carbocycles. The Morgan fingerprint density at radius 2 is 1.56 bits per heavy atom. The Hall–Kier alpha value is -3.96. The Morgan fingerprint density at radius 3 is 2.05 bits per heavy atom. The van der Waals surface area contributed by atoms with Crippen molar-refractivity contribution < 1.29 is 38.9 Å². The highest BCUT2D eigenvalue weighted by atomic mass is 35.5. The number of nitrogens with one attached hydrogen (secondary N) is 1. The summed E-state index contributed by atoms with van der Waals surface area (Å²) in [5, 5.41) is 20.5. The molecule has 0 radical (unpaired) electrons. The number of amides is 2. The average molecular weight is 564 g/mol. The maximum atomic E-state index is 12.0. The van der Waals surface area contributed by atoms with Gasteiger partial charge in [0, 0.05) is 13.1 Å². The molecule has 0 spiro atoms. The number of aliphatic carboxylic acids is 2. The van der Waals surface area contributed by atoms with Crippen LogP contribution in [0.5, 0.6) is 0 Å². The van der Waals surface area contributed by atoms with Crippen molar-refractivity contribution in [2.75, 3.05) is 20.7 Å². The van der Waals surface area contributed by atoms with Gasteiger partial charge in [-0.25, -0.2) is 0 Å². The third-order valence-corrected chi connectivity index (χ3v) is 6.26. The number of halogens is 1. The van der Waals surface area contributed by atoms with E-state index in [1.807, 2.05) is 60.7 Å². The summed E-state index contributed by atoms with van der Waals surface area (Å²) >= 11 is 0. The minimum atomic E-state index is -1.42. The molecular formula is C27H34ClN3O8. The molecule has 0 unspecified atom stereocenters. The molecule has 39 heavy (non-hydrogen) atoms. The number of benzene rings is 2. The van der Waals surface area contributed by atoms with Gasteiger partial charge in [-0.15, -0.1) is 12.4 Å². The van der Waals surface area contributed by atoms with Gasteiger partial charge in [0.15, 0.2) is 0 Å². The number of hydrogen-bond donors (Lipinski definition) is 3. The second-order valence-corrected chi connectivity index (χ2v) is 9.01. The Morgan fingerprint density at radius 1 is 1.03 bits per heavy atom. The summed E-state index contributed by atoms with van der Waals surface area (Å²) in [6.07, 6.45) is -0.577. The molecular weight excluding hydrogens is 530 g/mol. The molecule has 3 rings (SSSR count). The first-order valence-corrected chi connectivity index (χ1v) is 11.9. The lowest BCUT2D eigenvalue weighted by Gasteiger charge is -2.34. The van der Waals surface area contributed by atoms with E-state index in [0.29, 0.717) is 13.1 Å². The lowest BCUT2D eigenvalue weighted by atomic mass is 9.95. The summed E-state index contributed by atoms with van der Waals surface area (Å²) in [5.41, 5.74) is 0.435. The van der Waals surface area contributed by atoms with E-state index in [2.05, 4.69) is 10.1 Å². The number of nitrogens with zero attached hydrogens (tertiary/aromatic N) is 2. The topological polar surface area (TPSA) is 154 Å². The standard InChI is InChI=1S/C14H16N2O4.C13H17NO4.ClH/c1-20-13(18)7-11-14(19)15-8-12(17)16(11)9-10-5-3-2-4-6-10;1-13(12(17)18,8-11(15)16)14(2)9-10-6-4-3-5-7-10;/h2-6,11H,7-9H2,1H3,(H,15,19);3-7H,8-9H2,1-2H3,(H,15,16)(H,17,18);1H/t11-;13-;/m11./s1. The second kappa shape index (κ2) is 15.5. The number of carbonyl (C=O) groups excluding carboxylic acids is 3. The van der Waals surface area contributed by atoms with Crippen LogP contribution in [0.25, 0.3) is 0 Å². The summed E-state index contributed by atoms with van der Waals surface area (Å²) in [5.74, 6) is -3.31. The van der Waals surface area contributed by atoms with Crippen LogP contribution in [0.1, 0.15) is 30.9 Å². The number of carbonyl (C=O) groups is 5. The van der Waals surface area contributed by atoms with Crippen molar-refractivity contribution in [3.8, 4) is 0 Å². The minimum absolute atomic E-state index is 0. The van der Waals surface area contributed by atoms with Crippen LogP contribution in [0.2, 0.25) is 0 Å². The Kier molecular flexibility index (Phi) is 13.1. The van der Waals surface area contributed by atoms with Crippen molar-refractivity contribution in [1.29, 1.82) is 0 Å². The number of carboxylic acids is 2. The molecule has 0 aliphatic carbocycles. The predicted molar refractivity (Wildman–Crippen MR) is 144 cm³/mol. The Labute approximate surface area is 233 Å². The van der Waals surface area contributed by atoms with E-state index in [-0.39, 0.29) is 37.2 Å². The zero-order chi connectivity index (χ0) is 28.3. The summed E-state index contributed by atoms with van der Waals surface area (Å²) < 4.78 is 4.58. The molecule has 1 saturated heterocycles. The fourth-order valence-corrected chi connectivity index (χ4v) is 3.82. The van der Waals surface area contributed by atoms with Crippen LogP contribution in [0.3, 0.4) is 0 Å². The van der Waals surface area contributed by atoms with Gasteiger partial charge in [0.05, 0.1) is 26.5 Å². The molecule has 2 aromatic rings. The van der Waals surface area contributed by atoms with Gasteiger partial charge in [-0.1, -0.05) is 60.7 Å². The van der Waals surface area contributed by atoms with Gasteiger partial charge in [0.25, 0.3) is 0 Å². The molecule has 0 saturated carbocycles. The Bertz CT molecular complexity index is 1130. The number of methoxy groups -OCH3 is 1. The largest absolute Gasteiger partial charge is 0.481 e. The number of carboxylic acid groups (broad SMARTS) is 2. The SMILES string of the molecule is CN(Cc1ccccc1)[C@](C)(CC(=O)O)C(=O)O.COC(=O)C[C@@H]1C(=O)NCC(=O)N1Cc1ccccc1.Cl. The first kappa shape index (κ1) is 33.1. The molecule has 0 bridgehead atoms. The zero-order valence-corrected chi connectivity index (χ0v) is 22.8. The molecule has 12 heteroatoms.